The number of hydrogen-bond acceptors (Lipinski definition) is 7. The highest BCUT2D eigenvalue weighted by Gasteiger charge is 2.57. The lowest BCUT2D eigenvalue weighted by Gasteiger charge is -2.24. The summed E-state index contributed by atoms with van der Waals surface area (Å²) >= 11 is 0. The Balaban J connectivity index is 1.33. The average molecular weight is 519 g/mol. The van der Waals surface area contributed by atoms with Crippen LogP contribution in [0.4, 0.5) is 0 Å². The molecular formula is C30H38N4O4. The molecule has 1 unspecified atom stereocenters. The molecule has 1 aromatic carbocycles. The minimum absolute atomic E-state index is 0.0634. The molecule has 0 bridgehead atoms. The third kappa shape index (κ3) is 5.75. The van der Waals surface area contributed by atoms with Crippen LogP contribution in [0.25, 0.3) is 22.2 Å². The van der Waals surface area contributed by atoms with E-state index in [1.807, 2.05) is 37.3 Å². The molecule has 2 atom stereocenters. The monoisotopic (exact) mass is 518 g/mol. The summed E-state index contributed by atoms with van der Waals surface area (Å²) in [6, 6.07) is 9.53. The van der Waals surface area contributed by atoms with Gasteiger partial charge >= 0.3 is 0 Å². The second-order valence-corrected chi connectivity index (χ2v) is 10.7. The maximum absolute atomic E-state index is 13.3. The fraction of sp³-hybridized carbons (Fsp3) is 0.533. The Bertz CT molecular complexity index is 1280. The topological polar surface area (TPSA) is 106 Å². The van der Waals surface area contributed by atoms with E-state index in [4.69, 9.17) is 9.15 Å². The first-order valence-electron chi connectivity index (χ1n) is 14.0. The zero-order valence-electron chi connectivity index (χ0n) is 22.4. The van der Waals surface area contributed by atoms with Crippen molar-refractivity contribution in [3.8, 4) is 17.2 Å². The molecule has 0 radical (unpaired) electrons. The highest BCUT2D eigenvalue weighted by molar-refractivity contribution is 5.85. The fourth-order valence-electron chi connectivity index (χ4n) is 5.75. The van der Waals surface area contributed by atoms with Gasteiger partial charge in [-0.15, -0.1) is 0 Å². The standard InChI is InChI=1S/C30H38N4O4/c1-3-21(35)10-5-4-6-12-25(33-27(36)23-18-30(23)13-15-31-16-14-30)29-32-19-26(38-29)22-17-20-9-7-8-11-24(20)34-28(22)37-2/h7-9,11,17,19,23,25,31H,3-6,10,12-16,18H2,1-2H3,(H,33,36)/t23?,25-/m0/s1. The average Bonchev–Trinajstić information content (AvgIpc) is 3.40. The van der Waals surface area contributed by atoms with Crippen molar-refractivity contribution in [2.24, 2.45) is 11.3 Å². The lowest BCUT2D eigenvalue weighted by atomic mass is 9.91. The minimum Gasteiger partial charge on any atom is -0.480 e. The molecule has 3 aromatic rings. The summed E-state index contributed by atoms with van der Waals surface area (Å²) in [5.41, 5.74) is 1.73. The quantitative estimate of drug-likeness (QED) is 0.310. The number of rotatable bonds is 12. The Kier molecular flexibility index (Phi) is 8.07. The summed E-state index contributed by atoms with van der Waals surface area (Å²) in [6.07, 6.45) is 9.33. The number of Topliss-reactive ketones (excluding diaryl/α,β-unsaturated/α-hetero) is 1. The van der Waals surface area contributed by atoms with Crippen LogP contribution in [0.5, 0.6) is 5.88 Å². The number of methoxy groups -OCH3 is 1. The first-order chi connectivity index (χ1) is 18.5. The van der Waals surface area contributed by atoms with Crippen molar-refractivity contribution in [2.75, 3.05) is 20.2 Å². The van der Waals surface area contributed by atoms with Crippen LogP contribution in [0.1, 0.15) is 76.6 Å². The molecule has 2 fully saturated rings. The first-order valence-corrected chi connectivity index (χ1v) is 14.0. The van der Waals surface area contributed by atoms with Crippen molar-refractivity contribution in [1.82, 2.24) is 20.6 Å². The Morgan fingerprint density at radius 2 is 2.03 bits per heavy atom. The molecule has 8 nitrogen and oxygen atoms in total. The molecular weight excluding hydrogens is 480 g/mol. The van der Waals surface area contributed by atoms with Crippen molar-refractivity contribution in [3.05, 3.63) is 42.4 Å². The summed E-state index contributed by atoms with van der Waals surface area (Å²) in [5, 5.41) is 7.65. The minimum atomic E-state index is -0.322. The van der Waals surface area contributed by atoms with Crippen LogP contribution < -0.4 is 15.4 Å². The number of nitrogens with zero attached hydrogens (tertiary/aromatic N) is 2. The number of carbonyl (C=O) groups is 2. The number of pyridine rings is 1. The van der Waals surface area contributed by atoms with Gasteiger partial charge in [-0.05, 0) is 62.7 Å². The highest BCUT2D eigenvalue weighted by Crippen LogP contribution is 2.58. The van der Waals surface area contributed by atoms with Crippen LogP contribution in [-0.2, 0) is 9.59 Å². The van der Waals surface area contributed by atoms with Crippen molar-refractivity contribution in [1.29, 1.82) is 0 Å². The molecule has 2 aliphatic rings. The van der Waals surface area contributed by atoms with Crippen LogP contribution >= 0.6 is 0 Å². The van der Waals surface area contributed by atoms with Crippen LogP contribution in [-0.4, -0.2) is 41.9 Å². The van der Waals surface area contributed by atoms with Gasteiger partial charge in [0, 0.05) is 24.1 Å². The zero-order chi connectivity index (χ0) is 26.5. The van der Waals surface area contributed by atoms with Crippen molar-refractivity contribution >= 4 is 22.6 Å². The van der Waals surface area contributed by atoms with Gasteiger partial charge in [-0.2, -0.15) is 0 Å². The number of ether oxygens (including phenoxy) is 1. The number of nitrogens with one attached hydrogen (secondary N) is 2. The molecule has 202 valence electrons. The van der Waals surface area contributed by atoms with E-state index in [-0.39, 0.29) is 23.3 Å². The van der Waals surface area contributed by atoms with E-state index in [1.165, 1.54) is 0 Å². The predicted octanol–water partition coefficient (Wildman–Crippen LogP) is 5.38. The van der Waals surface area contributed by atoms with Crippen molar-refractivity contribution in [3.63, 3.8) is 0 Å². The van der Waals surface area contributed by atoms with E-state index in [9.17, 15) is 9.59 Å². The van der Waals surface area contributed by atoms with E-state index in [1.54, 1.807) is 13.3 Å². The number of piperidine rings is 1. The number of fused-ring (bicyclic) bond motifs is 1. The number of ketones is 1. The third-order valence-electron chi connectivity index (χ3n) is 8.23. The number of unbranched alkanes of at least 4 members (excludes halogenated alkanes) is 2. The Labute approximate surface area is 223 Å². The molecule has 1 aliphatic heterocycles. The summed E-state index contributed by atoms with van der Waals surface area (Å²) in [5.74, 6) is 1.98. The van der Waals surface area contributed by atoms with Gasteiger partial charge in [0.05, 0.1) is 24.4 Å². The first kappa shape index (κ1) is 26.4. The zero-order valence-corrected chi connectivity index (χ0v) is 22.4. The second kappa shape index (κ2) is 11.6. The molecule has 38 heavy (non-hydrogen) atoms. The van der Waals surface area contributed by atoms with Gasteiger partial charge in [0.25, 0.3) is 0 Å². The van der Waals surface area contributed by atoms with E-state index >= 15 is 0 Å². The molecule has 1 spiro atoms. The molecule has 1 saturated heterocycles. The van der Waals surface area contributed by atoms with Crippen molar-refractivity contribution < 1.29 is 18.7 Å². The number of carbonyl (C=O) groups excluding carboxylic acids is 2. The number of amides is 1. The number of hydrogen-bond donors (Lipinski definition) is 2. The fourth-order valence-corrected chi connectivity index (χ4v) is 5.75. The normalized spacial score (nSPS) is 18.8. The van der Waals surface area contributed by atoms with Gasteiger partial charge in [0.15, 0.2) is 5.76 Å². The van der Waals surface area contributed by atoms with Gasteiger partial charge in [0.1, 0.15) is 11.8 Å². The number of oxazole rings is 1. The van der Waals surface area contributed by atoms with Crippen LogP contribution in [0.2, 0.25) is 0 Å². The Morgan fingerprint density at radius 3 is 2.82 bits per heavy atom. The van der Waals surface area contributed by atoms with Gasteiger partial charge in [-0.3, -0.25) is 9.59 Å². The van der Waals surface area contributed by atoms with E-state index in [0.717, 1.165) is 68.1 Å². The highest BCUT2D eigenvalue weighted by atomic mass is 16.5. The third-order valence-corrected chi connectivity index (χ3v) is 8.23. The molecule has 8 heteroatoms. The van der Waals surface area contributed by atoms with Gasteiger partial charge in [0.2, 0.25) is 17.7 Å². The molecule has 5 rings (SSSR count). The lowest BCUT2D eigenvalue weighted by Crippen LogP contribution is -2.35. The number of benzene rings is 1. The maximum Gasteiger partial charge on any atom is 0.224 e. The second-order valence-electron chi connectivity index (χ2n) is 10.7. The SMILES string of the molecule is CCC(=O)CCCCC[C@H](NC(=O)C1CC12CCNCC2)c1ncc(-c2cc3ccccc3nc2OC)o1. The summed E-state index contributed by atoms with van der Waals surface area (Å²) in [4.78, 5) is 34.2. The molecule has 2 aromatic heterocycles. The summed E-state index contributed by atoms with van der Waals surface area (Å²) in [7, 11) is 1.59. The summed E-state index contributed by atoms with van der Waals surface area (Å²) < 4.78 is 11.8. The largest absolute Gasteiger partial charge is 0.480 e. The predicted molar refractivity (Wildman–Crippen MR) is 146 cm³/mol. The Hall–Kier alpha value is -3.26. The molecule has 3 heterocycles. The van der Waals surface area contributed by atoms with Gasteiger partial charge in [-0.25, -0.2) is 9.97 Å². The van der Waals surface area contributed by atoms with Crippen molar-refractivity contribution in [2.45, 2.75) is 70.8 Å². The van der Waals surface area contributed by atoms with Crippen LogP contribution in [0.15, 0.2) is 40.9 Å². The Morgan fingerprint density at radius 1 is 1.21 bits per heavy atom. The number of aromatic nitrogens is 2. The molecule has 1 saturated carbocycles. The van der Waals surface area contributed by atoms with Crippen LogP contribution in [0.3, 0.4) is 0 Å². The van der Waals surface area contributed by atoms with E-state index < -0.39 is 0 Å². The molecule has 1 amide bonds. The van der Waals surface area contributed by atoms with E-state index in [2.05, 4.69) is 20.6 Å². The van der Waals surface area contributed by atoms with Gasteiger partial charge < -0.3 is 19.8 Å². The van der Waals surface area contributed by atoms with E-state index in [0.29, 0.717) is 42.6 Å². The van der Waals surface area contributed by atoms with Crippen LogP contribution in [0, 0.1) is 11.3 Å². The molecule has 2 N–H and O–H groups in total. The number of para-hydroxylation sites is 1. The molecule has 1 aliphatic carbocycles. The summed E-state index contributed by atoms with van der Waals surface area (Å²) in [6.45, 7) is 3.87. The smallest absolute Gasteiger partial charge is 0.224 e. The lowest BCUT2D eigenvalue weighted by molar-refractivity contribution is -0.124. The van der Waals surface area contributed by atoms with Gasteiger partial charge in [-0.1, -0.05) is 38.0 Å². The maximum atomic E-state index is 13.3.